The van der Waals surface area contributed by atoms with Crippen molar-refractivity contribution >= 4 is 40.5 Å². The van der Waals surface area contributed by atoms with E-state index in [1.165, 1.54) is 12.8 Å². The summed E-state index contributed by atoms with van der Waals surface area (Å²) in [4.78, 5) is 2.42. The van der Waals surface area contributed by atoms with Crippen LogP contribution in [0.5, 0.6) is 0 Å². The third kappa shape index (κ3) is 1.78. The molecule has 86 valence electrons. The molecule has 3 nitrogen and oxygen atoms in total. The molecule has 0 N–H and O–H groups in total. The van der Waals surface area contributed by atoms with Crippen LogP contribution in [0.3, 0.4) is 0 Å². The fourth-order valence-electron chi connectivity index (χ4n) is 2.50. The second kappa shape index (κ2) is 4.26. The van der Waals surface area contributed by atoms with E-state index in [1.54, 1.807) is 0 Å². The van der Waals surface area contributed by atoms with Gasteiger partial charge in [-0.2, -0.15) is 8.75 Å². The molecule has 0 radical (unpaired) electrons. The Morgan fingerprint density at radius 3 is 2.94 bits per heavy atom. The largest absolute Gasteiger partial charge is 0.298 e. The number of hydrogen-bond donors (Lipinski definition) is 0. The first-order valence-electron chi connectivity index (χ1n) is 5.35. The summed E-state index contributed by atoms with van der Waals surface area (Å²) < 4.78 is 8.25. The summed E-state index contributed by atoms with van der Waals surface area (Å²) in [5.74, 6) is 0.469. The standard InChI is InChI=1S/C10H11Cl2N3S/c11-8-6-2-1-3-15(4-6)5-7(8)9-10(12)14-16-13-9/h6H,1-5H2. The monoisotopic (exact) mass is 275 g/mol. The van der Waals surface area contributed by atoms with Gasteiger partial charge < -0.3 is 0 Å². The Bertz CT molecular complexity index is 443. The lowest BCUT2D eigenvalue weighted by Gasteiger charge is -2.38. The summed E-state index contributed by atoms with van der Waals surface area (Å²) >= 11 is 13.6. The van der Waals surface area contributed by atoms with Crippen molar-refractivity contribution in [3.8, 4) is 0 Å². The molecule has 0 amide bonds. The van der Waals surface area contributed by atoms with Crippen LogP contribution in [0.4, 0.5) is 0 Å². The molecule has 3 heterocycles. The molecule has 1 fully saturated rings. The molecule has 2 aliphatic rings. The average molecular weight is 276 g/mol. The highest BCUT2D eigenvalue weighted by Gasteiger charge is 2.32. The first kappa shape index (κ1) is 11.0. The SMILES string of the molecule is ClC1=C(c2nsnc2Cl)CN2CCCC1C2. The number of nitrogens with zero attached hydrogens (tertiary/aromatic N) is 3. The topological polar surface area (TPSA) is 29.0 Å². The van der Waals surface area contributed by atoms with E-state index >= 15 is 0 Å². The minimum atomic E-state index is 0.469. The van der Waals surface area contributed by atoms with Gasteiger partial charge in [-0.3, -0.25) is 4.90 Å². The Morgan fingerprint density at radius 2 is 2.19 bits per heavy atom. The maximum atomic E-state index is 6.44. The fraction of sp³-hybridized carbons (Fsp3) is 0.600. The van der Waals surface area contributed by atoms with E-state index in [0.29, 0.717) is 11.1 Å². The van der Waals surface area contributed by atoms with Crippen LogP contribution in [-0.2, 0) is 0 Å². The molecule has 1 aromatic rings. The maximum Gasteiger partial charge on any atom is 0.170 e. The van der Waals surface area contributed by atoms with Gasteiger partial charge in [0.05, 0.1) is 11.7 Å². The molecule has 1 saturated heterocycles. The number of aromatic nitrogens is 2. The zero-order chi connectivity index (χ0) is 11.1. The van der Waals surface area contributed by atoms with Gasteiger partial charge in [0.2, 0.25) is 0 Å². The normalized spacial score (nSPS) is 29.6. The lowest BCUT2D eigenvalue weighted by atomic mass is 9.90. The Hall–Kier alpha value is -0.160. The summed E-state index contributed by atoms with van der Waals surface area (Å²) in [5, 5.41) is 1.44. The zero-order valence-electron chi connectivity index (χ0n) is 8.62. The smallest absolute Gasteiger partial charge is 0.170 e. The van der Waals surface area contributed by atoms with Crippen LogP contribution in [0.1, 0.15) is 18.5 Å². The Morgan fingerprint density at radius 1 is 1.31 bits per heavy atom. The molecule has 0 saturated carbocycles. The Balaban J connectivity index is 2.03. The summed E-state index contributed by atoms with van der Waals surface area (Å²) in [7, 11) is 0. The number of piperidine rings is 1. The summed E-state index contributed by atoms with van der Waals surface area (Å²) in [6, 6.07) is 0. The number of fused-ring (bicyclic) bond motifs is 2. The highest BCUT2D eigenvalue weighted by molar-refractivity contribution is 6.99. The van der Waals surface area contributed by atoms with E-state index in [4.69, 9.17) is 23.2 Å². The second-order valence-electron chi connectivity index (χ2n) is 4.30. The van der Waals surface area contributed by atoms with Gasteiger partial charge in [0, 0.05) is 29.6 Å². The lowest BCUT2D eigenvalue weighted by Crippen LogP contribution is -2.40. The highest BCUT2D eigenvalue weighted by Crippen LogP contribution is 2.38. The Kier molecular flexibility index (Phi) is 2.92. The quantitative estimate of drug-likeness (QED) is 0.789. The van der Waals surface area contributed by atoms with E-state index in [2.05, 4.69) is 13.6 Å². The van der Waals surface area contributed by atoms with Crippen LogP contribution >= 0.6 is 34.9 Å². The maximum absolute atomic E-state index is 6.44. The van der Waals surface area contributed by atoms with Crippen molar-refractivity contribution in [2.45, 2.75) is 12.8 Å². The molecule has 0 aromatic carbocycles. The molecule has 0 aliphatic carbocycles. The fourth-order valence-corrected chi connectivity index (χ4v) is 3.60. The van der Waals surface area contributed by atoms with Crippen LogP contribution in [0.2, 0.25) is 5.15 Å². The van der Waals surface area contributed by atoms with E-state index in [0.717, 1.165) is 47.7 Å². The van der Waals surface area contributed by atoms with Crippen molar-refractivity contribution in [2.75, 3.05) is 19.6 Å². The highest BCUT2D eigenvalue weighted by atomic mass is 35.5. The molecular formula is C10H11Cl2N3S. The molecule has 2 aliphatic heterocycles. The number of halogens is 2. The van der Waals surface area contributed by atoms with Gasteiger partial charge in [0.15, 0.2) is 5.15 Å². The van der Waals surface area contributed by atoms with Crippen molar-refractivity contribution in [1.29, 1.82) is 0 Å². The third-order valence-corrected chi connectivity index (χ3v) is 4.70. The van der Waals surface area contributed by atoms with Crippen molar-refractivity contribution in [2.24, 2.45) is 5.92 Å². The summed E-state index contributed by atoms with van der Waals surface area (Å²) in [6.07, 6.45) is 2.41. The zero-order valence-corrected chi connectivity index (χ0v) is 10.9. The molecule has 1 aromatic heterocycles. The van der Waals surface area contributed by atoms with Crippen LogP contribution in [-0.4, -0.2) is 33.3 Å². The molecule has 0 spiro atoms. The van der Waals surface area contributed by atoms with Gasteiger partial charge in [-0.15, -0.1) is 0 Å². The van der Waals surface area contributed by atoms with Crippen LogP contribution < -0.4 is 0 Å². The first-order valence-corrected chi connectivity index (χ1v) is 6.83. The molecule has 3 rings (SSSR count). The predicted octanol–water partition coefficient (Wildman–Crippen LogP) is 2.87. The molecule has 16 heavy (non-hydrogen) atoms. The molecule has 2 atom stereocenters. The summed E-state index contributed by atoms with van der Waals surface area (Å²) in [6.45, 7) is 3.09. The third-order valence-electron chi connectivity index (χ3n) is 3.27. The molecule has 6 heteroatoms. The number of hydrogen-bond acceptors (Lipinski definition) is 4. The van der Waals surface area contributed by atoms with E-state index in [-0.39, 0.29) is 0 Å². The van der Waals surface area contributed by atoms with Crippen LogP contribution in [0.15, 0.2) is 5.03 Å². The van der Waals surface area contributed by atoms with Gasteiger partial charge in [0.1, 0.15) is 5.69 Å². The minimum absolute atomic E-state index is 0.469. The van der Waals surface area contributed by atoms with E-state index in [9.17, 15) is 0 Å². The summed E-state index contributed by atoms with van der Waals surface area (Å²) in [5.41, 5.74) is 1.87. The lowest BCUT2D eigenvalue weighted by molar-refractivity contribution is 0.205. The van der Waals surface area contributed by atoms with Gasteiger partial charge in [-0.05, 0) is 19.4 Å². The van der Waals surface area contributed by atoms with Crippen molar-refractivity contribution in [3.05, 3.63) is 15.9 Å². The molecular weight excluding hydrogens is 265 g/mol. The predicted molar refractivity (Wildman–Crippen MR) is 66.9 cm³/mol. The van der Waals surface area contributed by atoms with Crippen LogP contribution in [0, 0.1) is 5.92 Å². The average Bonchev–Trinajstić information content (AvgIpc) is 2.71. The van der Waals surface area contributed by atoms with E-state index < -0.39 is 0 Å². The minimum Gasteiger partial charge on any atom is -0.298 e. The Labute approximate surface area is 108 Å². The second-order valence-corrected chi connectivity index (χ2v) is 5.60. The first-order chi connectivity index (χ1) is 7.75. The van der Waals surface area contributed by atoms with Crippen molar-refractivity contribution in [1.82, 2.24) is 13.6 Å². The van der Waals surface area contributed by atoms with Gasteiger partial charge in [-0.1, -0.05) is 23.2 Å². The van der Waals surface area contributed by atoms with Crippen molar-refractivity contribution in [3.63, 3.8) is 0 Å². The van der Waals surface area contributed by atoms with Gasteiger partial charge >= 0.3 is 0 Å². The van der Waals surface area contributed by atoms with E-state index in [1.807, 2.05) is 0 Å². The molecule has 2 unspecified atom stereocenters. The van der Waals surface area contributed by atoms with Gasteiger partial charge in [0.25, 0.3) is 0 Å². The van der Waals surface area contributed by atoms with Crippen molar-refractivity contribution < 1.29 is 0 Å². The molecule has 2 bridgehead atoms. The van der Waals surface area contributed by atoms with Gasteiger partial charge in [-0.25, -0.2) is 0 Å². The van der Waals surface area contributed by atoms with Crippen LogP contribution in [0.25, 0.3) is 5.57 Å². The number of rotatable bonds is 1.